The van der Waals surface area contributed by atoms with E-state index < -0.39 is 4.92 Å². The Hall–Kier alpha value is -1.95. The number of ketones is 1. The molecule has 0 saturated carbocycles. The minimum atomic E-state index is -0.534. The van der Waals surface area contributed by atoms with Gasteiger partial charge < -0.3 is 9.64 Å². The van der Waals surface area contributed by atoms with Crippen LogP contribution in [0, 0.1) is 10.1 Å². The molecule has 0 amide bonds. The van der Waals surface area contributed by atoms with E-state index in [2.05, 4.69) is 0 Å². The molecule has 0 aliphatic rings. The largest absolute Gasteiger partial charge is 0.487 e. The number of hydrogen-bond acceptors (Lipinski definition) is 5. The van der Waals surface area contributed by atoms with Crippen molar-refractivity contribution in [3.05, 3.63) is 33.9 Å². The predicted octanol–water partition coefficient (Wildman–Crippen LogP) is 2.13. The molecule has 0 N–H and O–H groups in total. The molecular formula is C13H18N2O4. The Morgan fingerprint density at radius 1 is 1.42 bits per heavy atom. The van der Waals surface area contributed by atoms with Gasteiger partial charge in [-0.2, -0.15) is 0 Å². The summed E-state index contributed by atoms with van der Waals surface area (Å²) < 4.78 is 5.40. The fraction of sp³-hybridized carbons (Fsp3) is 0.462. The second-order valence-corrected chi connectivity index (χ2v) is 4.50. The molecule has 0 aromatic heterocycles. The molecule has 1 aromatic carbocycles. The number of Topliss-reactive ketones (excluding diaryl/α,β-unsaturated/α-hetero) is 1. The predicted molar refractivity (Wildman–Crippen MR) is 71.8 cm³/mol. The highest BCUT2D eigenvalue weighted by atomic mass is 16.6. The number of hydrogen-bond donors (Lipinski definition) is 0. The average molecular weight is 266 g/mol. The van der Waals surface area contributed by atoms with Gasteiger partial charge in [0.05, 0.1) is 11.5 Å². The van der Waals surface area contributed by atoms with Crippen LogP contribution in [-0.4, -0.2) is 42.9 Å². The van der Waals surface area contributed by atoms with Crippen molar-refractivity contribution in [1.82, 2.24) is 4.90 Å². The highest BCUT2D eigenvalue weighted by molar-refractivity contribution is 5.95. The quantitative estimate of drug-likeness (QED) is 0.327. The zero-order chi connectivity index (χ0) is 14.4. The van der Waals surface area contributed by atoms with Gasteiger partial charge in [-0.1, -0.05) is 0 Å². The van der Waals surface area contributed by atoms with Crippen LogP contribution in [0.5, 0.6) is 5.75 Å². The summed E-state index contributed by atoms with van der Waals surface area (Å²) in [4.78, 5) is 23.6. The molecule has 0 saturated heterocycles. The molecule has 0 spiro atoms. The van der Waals surface area contributed by atoms with E-state index in [1.54, 1.807) is 0 Å². The number of carbonyl (C=O) groups excluding carboxylic acids is 1. The summed E-state index contributed by atoms with van der Waals surface area (Å²) in [5, 5.41) is 10.9. The molecule has 19 heavy (non-hydrogen) atoms. The lowest BCUT2D eigenvalue weighted by Gasteiger charge is -2.10. The summed E-state index contributed by atoms with van der Waals surface area (Å²) >= 11 is 0. The molecule has 0 radical (unpaired) electrons. The maximum absolute atomic E-state index is 11.2. The number of rotatable bonds is 7. The van der Waals surface area contributed by atoms with Gasteiger partial charge in [-0.05, 0) is 39.6 Å². The van der Waals surface area contributed by atoms with Gasteiger partial charge in [0.15, 0.2) is 11.5 Å². The Balaban J connectivity index is 2.77. The molecule has 0 unspecified atom stereocenters. The maximum Gasteiger partial charge on any atom is 0.311 e. The van der Waals surface area contributed by atoms with Gasteiger partial charge >= 0.3 is 5.69 Å². The number of ether oxygens (including phenoxy) is 1. The van der Waals surface area contributed by atoms with Gasteiger partial charge in [-0.15, -0.1) is 0 Å². The highest BCUT2D eigenvalue weighted by Gasteiger charge is 2.17. The van der Waals surface area contributed by atoms with Crippen LogP contribution >= 0.6 is 0 Å². The molecule has 0 atom stereocenters. The van der Waals surface area contributed by atoms with E-state index >= 15 is 0 Å². The smallest absolute Gasteiger partial charge is 0.311 e. The molecule has 0 fully saturated rings. The molecule has 6 nitrogen and oxygen atoms in total. The van der Waals surface area contributed by atoms with Gasteiger partial charge in [0.2, 0.25) is 0 Å². The first-order valence-electron chi connectivity index (χ1n) is 5.98. The number of nitro benzene ring substituents is 1. The molecule has 0 heterocycles. The lowest BCUT2D eigenvalue weighted by atomic mass is 10.1. The minimum Gasteiger partial charge on any atom is -0.487 e. The number of nitrogens with zero attached hydrogens (tertiary/aromatic N) is 2. The summed E-state index contributed by atoms with van der Waals surface area (Å²) in [5.41, 5.74) is 0.143. The molecular weight excluding hydrogens is 248 g/mol. The second kappa shape index (κ2) is 6.84. The van der Waals surface area contributed by atoms with E-state index in [1.807, 2.05) is 19.0 Å². The molecule has 1 rings (SSSR count). The van der Waals surface area contributed by atoms with E-state index in [1.165, 1.54) is 25.1 Å². The van der Waals surface area contributed by atoms with E-state index in [4.69, 9.17) is 4.74 Å². The summed E-state index contributed by atoms with van der Waals surface area (Å²) in [6, 6.07) is 4.27. The zero-order valence-electron chi connectivity index (χ0n) is 11.4. The number of benzene rings is 1. The molecule has 0 aliphatic heterocycles. The Labute approximate surface area is 112 Å². The van der Waals surface area contributed by atoms with Crippen molar-refractivity contribution in [2.75, 3.05) is 27.2 Å². The van der Waals surface area contributed by atoms with Crippen LogP contribution in [0.4, 0.5) is 5.69 Å². The van der Waals surface area contributed by atoms with E-state index in [-0.39, 0.29) is 17.2 Å². The fourth-order valence-corrected chi connectivity index (χ4v) is 1.56. The van der Waals surface area contributed by atoms with Crippen molar-refractivity contribution in [2.45, 2.75) is 13.3 Å². The van der Waals surface area contributed by atoms with Gasteiger partial charge in [-0.3, -0.25) is 14.9 Å². The average Bonchev–Trinajstić information content (AvgIpc) is 2.34. The van der Waals surface area contributed by atoms with Crippen LogP contribution < -0.4 is 4.74 Å². The van der Waals surface area contributed by atoms with E-state index in [0.717, 1.165) is 13.0 Å². The molecule has 1 aromatic rings. The lowest BCUT2D eigenvalue weighted by molar-refractivity contribution is -0.385. The lowest BCUT2D eigenvalue weighted by Crippen LogP contribution is -2.15. The summed E-state index contributed by atoms with van der Waals surface area (Å²) in [6.07, 6.45) is 0.776. The zero-order valence-corrected chi connectivity index (χ0v) is 11.4. The first kappa shape index (κ1) is 15.1. The topological polar surface area (TPSA) is 72.7 Å². The standard InChI is InChI=1S/C13H18N2O4/c1-10(16)11-5-6-13(12(9-11)15(17)18)19-8-4-7-14(2)3/h5-6,9H,4,7-8H2,1-3H3. The van der Waals surface area contributed by atoms with Crippen LogP contribution in [0.2, 0.25) is 0 Å². The molecule has 6 heteroatoms. The Bertz CT molecular complexity index is 472. The van der Waals surface area contributed by atoms with Crippen LogP contribution in [0.1, 0.15) is 23.7 Å². The van der Waals surface area contributed by atoms with Crippen LogP contribution in [-0.2, 0) is 0 Å². The van der Waals surface area contributed by atoms with Gasteiger partial charge in [0.25, 0.3) is 0 Å². The van der Waals surface area contributed by atoms with E-state index in [9.17, 15) is 14.9 Å². The van der Waals surface area contributed by atoms with E-state index in [0.29, 0.717) is 12.2 Å². The monoisotopic (exact) mass is 266 g/mol. The molecule has 104 valence electrons. The number of nitro groups is 1. The van der Waals surface area contributed by atoms with Gasteiger partial charge in [0.1, 0.15) is 0 Å². The van der Waals surface area contributed by atoms with Gasteiger partial charge in [0, 0.05) is 18.2 Å². The van der Waals surface area contributed by atoms with Crippen molar-refractivity contribution in [1.29, 1.82) is 0 Å². The minimum absolute atomic E-state index is 0.169. The van der Waals surface area contributed by atoms with Crippen molar-refractivity contribution in [3.8, 4) is 5.75 Å². The summed E-state index contributed by atoms with van der Waals surface area (Å²) in [5.74, 6) is -0.00369. The highest BCUT2D eigenvalue weighted by Crippen LogP contribution is 2.28. The van der Waals surface area contributed by atoms with Crippen molar-refractivity contribution in [2.24, 2.45) is 0 Å². The van der Waals surface area contributed by atoms with Crippen molar-refractivity contribution in [3.63, 3.8) is 0 Å². The maximum atomic E-state index is 11.2. The Kier molecular flexibility index (Phi) is 5.44. The third-order valence-corrected chi connectivity index (χ3v) is 2.57. The summed E-state index contributed by atoms with van der Waals surface area (Å²) in [7, 11) is 3.90. The third kappa shape index (κ3) is 4.67. The Morgan fingerprint density at radius 2 is 2.11 bits per heavy atom. The van der Waals surface area contributed by atoms with Crippen LogP contribution in [0.3, 0.4) is 0 Å². The summed E-state index contributed by atoms with van der Waals surface area (Å²) in [6.45, 7) is 2.62. The second-order valence-electron chi connectivity index (χ2n) is 4.50. The van der Waals surface area contributed by atoms with Crippen LogP contribution in [0.25, 0.3) is 0 Å². The van der Waals surface area contributed by atoms with Crippen molar-refractivity contribution < 1.29 is 14.5 Å². The van der Waals surface area contributed by atoms with Crippen molar-refractivity contribution >= 4 is 11.5 Å². The third-order valence-electron chi connectivity index (χ3n) is 2.57. The normalized spacial score (nSPS) is 10.5. The first-order valence-corrected chi connectivity index (χ1v) is 5.98. The van der Waals surface area contributed by atoms with Gasteiger partial charge in [-0.25, -0.2) is 0 Å². The van der Waals surface area contributed by atoms with Crippen LogP contribution in [0.15, 0.2) is 18.2 Å². The first-order chi connectivity index (χ1) is 8.91. The fourth-order valence-electron chi connectivity index (χ4n) is 1.56. The molecule has 0 aliphatic carbocycles. The molecule has 0 bridgehead atoms. The Morgan fingerprint density at radius 3 is 2.63 bits per heavy atom. The SMILES string of the molecule is CC(=O)c1ccc(OCCCN(C)C)c([N+](=O)[O-])c1. The number of carbonyl (C=O) groups is 1.